The molecule has 6 heteroatoms. The third-order valence-corrected chi connectivity index (χ3v) is 6.90. The quantitative estimate of drug-likeness (QED) is 0.694. The number of benzene rings is 2. The Balaban J connectivity index is 1.85. The second-order valence-electron chi connectivity index (χ2n) is 8.72. The van der Waals surface area contributed by atoms with Crippen LogP contribution in [-0.4, -0.2) is 38.9 Å². The summed E-state index contributed by atoms with van der Waals surface area (Å²) in [5.41, 5.74) is 3.63. The smallest absolute Gasteiger partial charge is 0.181 e. The molecule has 0 aromatic heterocycles. The molecule has 1 unspecified atom stereocenters. The largest absolute Gasteiger partial charge is 0.497 e. The van der Waals surface area contributed by atoms with Gasteiger partial charge in [0, 0.05) is 31.2 Å². The summed E-state index contributed by atoms with van der Waals surface area (Å²) in [5, 5.41) is 3.21. The Morgan fingerprint density at radius 2 is 1.75 bits per heavy atom. The Labute approximate surface area is 189 Å². The maximum atomic E-state index is 14.8. The third kappa shape index (κ3) is 3.92. The molecule has 4 rings (SSSR count). The van der Waals surface area contributed by atoms with Gasteiger partial charge in [0.05, 0.1) is 18.9 Å². The maximum Gasteiger partial charge on any atom is 0.181 e. The van der Waals surface area contributed by atoms with E-state index in [9.17, 15) is 4.39 Å². The zero-order chi connectivity index (χ0) is 22.9. The second-order valence-corrected chi connectivity index (χ2v) is 8.72. The summed E-state index contributed by atoms with van der Waals surface area (Å²) in [6.07, 6.45) is 4.23. The molecule has 1 heterocycles. The standard InChI is InChI=1S/C26H32FN3O2/c1-16-6-7-18(22-15-21(32-5)12-13-24(22)27)14-23(16)26(29-17(2)25(28-3)30-26)19-8-10-20(31-4)11-9-19/h6-7,12-15,19-20H,8-11H2,1-5H3,(H,28,30). The first-order valence-corrected chi connectivity index (χ1v) is 11.2. The molecule has 2 aromatic carbocycles. The van der Waals surface area contributed by atoms with Crippen molar-refractivity contribution in [1.29, 1.82) is 0 Å². The lowest BCUT2D eigenvalue weighted by Crippen LogP contribution is -2.36. The molecule has 5 nitrogen and oxygen atoms in total. The zero-order valence-electron chi connectivity index (χ0n) is 19.5. The van der Waals surface area contributed by atoms with E-state index in [1.165, 1.54) is 6.07 Å². The van der Waals surface area contributed by atoms with Gasteiger partial charge < -0.3 is 14.8 Å². The Hall–Kier alpha value is -2.73. The first-order chi connectivity index (χ1) is 15.4. The molecule has 0 bridgehead atoms. The molecule has 1 atom stereocenters. The van der Waals surface area contributed by atoms with Crippen LogP contribution in [0, 0.1) is 18.7 Å². The van der Waals surface area contributed by atoms with Crippen molar-refractivity contribution in [1.82, 2.24) is 5.32 Å². The molecule has 1 aliphatic carbocycles. The molecule has 1 N–H and O–H groups in total. The maximum absolute atomic E-state index is 14.8. The predicted molar refractivity (Wildman–Crippen MR) is 127 cm³/mol. The van der Waals surface area contributed by atoms with E-state index in [-0.39, 0.29) is 11.7 Å². The molecular weight excluding hydrogens is 405 g/mol. The average molecular weight is 438 g/mol. The van der Waals surface area contributed by atoms with Crippen LogP contribution in [0.25, 0.3) is 11.1 Å². The van der Waals surface area contributed by atoms with Crippen LogP contribution < -0.4 is 10.1 Å². The highest BCUT2D eigenvalue weighted by molar-refractivity contribution is 6.41. The minimum atomic E-state index is -0.712. The second kappa shape index (κ2) is 9.02. The highest BCUT2D eigenvalue weighted by atomic mass is 19.1. The third-order valence-electron chi connectivity index (χ3n) is 6.90. The van der Waals surface area contributed by atoms with Crippen molar-refractivity contribution >= 4 is 11.5 Å². The number of aliphatic imine (C=N–C) groups is 2. The molecule has 1 fully saturated rings. The monoisotopic (exact) mass is 437 g/mol. The average Bonchev–Trinajstić information content (AvgIpc) is 3.17. The molecule has 170 valence electrons. The van der Waals surface area contributed by atoms with E-state index < -0.39 is 5.66 Å². The van der Waals surface area contributed by atoms with Gasteiger partial charge in [-0.25, -0.2) is 9.38 Å². The number of amidine groups is 1. The van der Waals surface area contributed by atoms with E-state index in [0.29, 0.717) is 17.4 Å². The Bertz CT molecular complexity index is 1060. The van der Waals surface area contributed by atoms with Gasteiger partial charge >= 0.3 is 0 Å². The van der Waals surface area contributed by atoms with Crippen molar-refractivity contribution in [3.8, 4) is 16.9 Å². The summed E-state index contributed by atoms with van der Waals surface area (Å²) in [7, 11) is 5.25. The number of nitrogens with one attached hydrogen (secondary N) is 1. The van der Waals surface area contributed by atoms with E-state index >= 15 is 0 Å². The number of halogens is 1. The van der Waals surface area contributed by atoms with Gasteiger partial charge in [0.25, 0.3) is 0 Å². The summed E-state index contributed by atoms with van der Waals surface area (Å²) in [6.45, 7) is 4.08. The minimum absolute atomic E-state index is 0.249. The molecule has 0 amide bonds. The van der Waals surface area contributed by atoms with E-state index in [0.717, 1.165) is 53.9 Å². The summed E-state index contributed by atoms with van der Waals surface area (Å²) < 4.78 is 25.7. The summed E-state index contributed by atoms with van der Waals surface area (Å²) in [5.74, 6) is 1.41. The van der Waals surface area contributed by atoms with Crippen molar-refractivity contribution < 1.29 is 13.9 Å². The van der Waals surface area contributed by atoms with Crippen LogP contribution in [0.4, 0.5) is 4.39 Å². The van der Waals surface area contributed by atoms with Crippen LogP contribution in [0.3, 0.4) is 0 Å². The number of hydrogen-bond acceptors (Lipinski definition) is 5. The van der Waals surface area contributed by atoms with Gasteiger partial charge in [-0.15, -0.1) is 0 Å². The SMILES string of the molecule is CNC1=NC(c2cc(-c3cc(OC)ccc3F)ccc2C)(C2CCC(OC)CC2)N=C1C. The van der Waals surface area contributed by atoms with E-state index in [2.05, 4.69) is 18.3 Å². The molecule has 32 heavy (non-hydrogen) atoms. The normalized spacial score (nSPS) is 25.3. The predicted octanol–water partition coefficient (Wildman–Crippen LogP) is 5.26. The fraction of sp³-hybridized carbons (Fsp3) is 0.462. The fourth-order valence-corrected chi connectivity index (χ4v) is 5.08. The van der Waals surface area contributed by atoms with E-state index in [1.54, 1.807) is 26.4 Å². The van der Waals surface area contributed by atoms with Crippen LogP contribution in [0.1, 0.15) is 43.7 Å². The molecular formula is C26H32FN3O2. The summed E-state index contributed by atoms with van der Waals surface area (Å²) in [6, 6.07) is 10.9. The van der Waals surface area contributed by atoms with Gasteiger partial charge in [-0.1, -0.05) is 12.1 Å². The lowest BCUT2D eigenvalue weighted by Gasteiger charge is -2.38. The summed E-state index contributed by atoms with van der Waals surface area (Å²) >= 11 is 0. The van der Waals surface area contributed by atoms with E-state index in [4.69, 9.17) is 19.5 Å². The minimum Gasteiger partial charge on any atom is -0.497 e. The molecule has 2 aliphatic rings. The Morgan fingerprint density at radius 1 is 1.00 bits per heavy atom. The molecule has 0 radical (unpaired) electrons. The van der Waals surface area contributed by atoms with Crippen LogP contribution >= 0.6 is 0 Å². The van der Waals surface area contributed by atoms with Crippen molar-refractivity contribution in [2.75, 3.05) is 21.3 Å². The van der Waals surface area contributed by atoms with Gasteiger partial charge in [-0.2, -0.15) is 0 Å². The number of nitrogens with zero attached hydrogens (tertiary/aromatic N) is 2. The zero-order valence-corrected chi connectivity index (χ0v) is 19.5. The van der Waals surface area contributed by atoms with E-state index in [1.807, 2.05) is 26.1 Å². The number of hydrogen-bond donors (Lipinski definition) is 1. The van der Waals surface area contributed by atoms with Crippen LogP contribution in [0.5, 0.6) is 5.75 Å². The number of methoxy groups -OCH3 is 2. The van der Waals surface area contributed by atoms with Gasteiger partial charge in [0.15, 0.2) is 5.66 Å². The van der Waals surface area contributed by atoms with Gasteiger partial charge in [-0.3, -0.25) is 4.99 Å². The van der Waals surface area contributed by atoms with Crippen molar-refractivity contribution in [3.05, 3.63) is 53.3 Å². The fourth-order valence-electron chi connectivity index (χ4n) is 5.08. The Kier molecular flexibility index (Phi) is 6.33. The molecule has 1 saturated carbocycles. The first-order valence-electron chi connectivity index (χ1n) is 11.2. The van der Waals surface area contributed by atoms with Crippen LogP contribution in [-0.2, 0) is 10.4 Å². The number of rotatable bonds is 5. The van der Waals surface area contributed by atoms with Gasteiger partial charge in [-0.05, 0) is 74.9 Å². The molecule has 0 saturated heterocycles. The molecule has 1 aliphatic heterocycles. The van der Waals surface area contributed by atoms with Crippen LogP contribution in [0.15, 0.2) is 46.4 Å². The summed E-state index contributed by atoms with van der Waals surface area (Å²) in [4.78, 5) is 10.3. The lowest BCUT2D eigenvalue weighted by molar-refractivity contribution is 0.0426. The number of ether oxygens (including phenoxy) is 2. The molecule has 0 spiro atoms. The first kappa shape index (κ1) is 22.5. The highest BCUT2D eigenvalue weighted by Crippen LogP contribution is 2.48. The molecule has 2 aromatic rings. The topological polar surface area (TPSA) is 55.2 Å². The lowest BCUT2D eigenvalue weighted by atomic mass is 9.74. The van der Waals surface area contributed by atoms with Crippen molar-refractivity contribution in [2.24, 2.45) is 15.9 Å². The number of aryl methyl sites for hydroxylation is 1. The Morgan fingerprint density at radius 3 is 2.38 bits per heavy atom. The highest BCUT2D eigenvalue weighted by Gasteiger charge is 2.46. The van der Waals surface area contributed by atoms with Crippen LogP contribution in [0.2, 0.25) is 0 Å². The van der Waals surface area contributed by atoms with Crippen molar-refractivity contribution in [2.45, 2.75) is 51.3 Å². The van der Waals surface area contributed by atoms with Gasteiger partial charge in [0.1, 0.15) is 17.4 Å². The van der Waals surface area contributed by atoms with Gasteiger partial charge in [0.2, 0.25) is 0 Å². The van der Waals surface area contributed by atoms with Crippen molar-refractivity contribution in [3.63, 3.8) is 0 Å².